The highest BCUT2D eigenvalue weighted by molar-refractivity contribution is 7.86. The highest BCUT2D eigenvalue weighted by Gasteiger charge is 2.14. The predicted molar refractivity (Wildman–Crippen MR) is 42.4 cm³/mol. The molecule has 0 aliphatic carbocycles. The van der Waals surface area contributed by atoms with Crippen molar-refractivity contribution in [1.82, 2.24) is 0 Å². The second-order valence-corrected chi connectivity index (χ2v) is 4.14. The van der Waals surface area contributed by atoms with Crippen molar-refractivity contribution in [3.05, 3.63) is 12.2 Å². The first-order chi connectivity index (χ1) is 5.34. The molecule has 2 N–H and O–H groups in total. The fourth-order valence-electron chi connectivity index (χ4n) is 0.482. The van der Waals surface area contributed by atoms with E-state index in [0.717, 1.165) is 6.08 Å². The summed E-state index contributed by atoms with van der Waals surface area (Å²) in [6, 6.07) is 0. The third-order valence-electron chi connectivity index (χ3n) is 1.24. The lowest BCUT2D eigenvalue weighted by atomic mass is 10.3. The van der Waals surface area contributed by atoms with Crippen LogP contribution in [0.3, 0.4) is 0 Å². The van der Waals surface area contributed by atoms with Gasteiger partial charge in [0, 0.05) is 6.08 Å². The van der Waals surface area contributed by atoms with Crippen LogP contribution in [0.15, 0.2) is 12.2 Å². The summed E-state index contributed by atoms with van der Waals surface area (Å²) in [5.74, 6) is -1.14. The van der Waals surface area contributed by atoms with Gasteiger partial charge in [-0.2, -0.15) is 8.42 Å². The highest BCUT2D eigenvalue weighted by atomic mass is 32.2. The average Bonchev–Trinajstić information content (AvgIpc) is 1.84. The summed E-state index contributed by atoms with van der Waals surface area (Å²) < 4.78 is 29.2. The molecule has 0 aromatic carbocycles. The van der Waals surface area contributed by atoms with Crippen LogP contribution < -0.4 is 0 Å². The van der Waals surface area contributed by atoms with Gasteiger partial charge in [0.2, 0.25) is 0 Å². The fourth-order valence-corrected chi connectivity index (χ4v) is 0.836. The molecule has 12 heavy (non-hydrogen) atoms. The van der Waals surface area contributed by atoms with Gasteiger partial charge in [0.1, 0.15) is 0 Å². The van der Waals surface area contributed by atoms with Crippen LogP contribution in [0, 0.1) is 0 Å². The van der Waals surface area contributed by atoms with Gasteiger partial charge in [-0.1, -0.05) is 6.08 Å². The largest absolute Gasteiger partial charge is 0.478 e. The van der Waals surface area contributed by atoms with Crippen LogP contribution in [-0.4, -0.2) is 29.3 Å². The molecule has 0 amide bonds. The number of carbonyl (C=O) groups is 1. The van der Waals surface area contributed by atoms with E-state index in [9.17, 15) is 13.2 Å². The van der Waals surface area contributed by atoms with Gasteiger partial charge < -0.3 is 5.11 Å². The van der Waals surface area contributed by atoms with E-state index in [1.54, 1.807) is 0 Å². The van der Waals surface area contributed by atoms with Crippen molar-refractivity contribution in [2.24, 2.45) is 0 Å². The molecule has 0 aliphatic rings. The first-order valence-electron chi connectivity index (χ1n) is 3.20. The molecule has 0 fully saturated rings. The van der Waals surface area contributed by atoms with Gasteiger partial charge in [-0.3, -0.25) is 4.55 Å². The van der Waals surface area contributed by atoms with Gasteiger partial charge in [-0.05, 0) is 13.3 Å². The Kier molecular flexibility index (Phi) is 3.91. The summed E-state index contributed by atoms with van der Waals surface area (Å²) in [6.07, 6.45) is 2.01. The molecule has 0 aromatic heterocycles. The molecule has 1 atom stereocenters. The van der Waals surface area contributed by atoms with Crippen LogP contribution in [0.4, 0.5) is 0 Å². The molecular weight excluding hydrogens is 184 g/mol. The summed E-state index contributed by atoms with van der Waals surface area (Å²) in [5, 5.41) is 7.17. The minimum atomic E-state index is -4.04. The van der Waals surface area contributed by atoms with Gasteiger partial charge in [0.05, 0.1) is 5.25 Å². The summed E-state index contributed by atoms with van der Waals surface area (Å²) in [6.45, 7) is 1.29. The second-order valence-electron chi connectivity index (χ2n) is 2.30. The van der Waals surface area contributed by atoms with E-state index in [-0.39, 0.29) is 6.42 Å². The third-order valence-corrected chi connectivity index (χ3v) is 2.45. The molecule has 6 heteroatoms. The number of hydrogen-bond donors (Lipinski definition) is 2. The molecular formula is C6H10O5S. The van der Waals surface area contributed by atoms with Gasteiger partial charge in [-0.25, -0.2) is 4.79 Å². The summed E-state index contributed by atoms with van der Waals surface area (Å²) in [7, 11) is -4.04. The van der Waals surface area contributed by atoms with E-state index < -0.39 is 21.3 Å². The summed E-state index contributed by atoms with van der Waals surface area (Å²) >= 11 is 0. The Balaban J connectivity index is 4.05. The van der Waals surface area contributed by atoms with Crippen molar-refractivity contribution < 1.29 is 22.9 Å². The van der Waals surface area contributed by atoms with Gasteiger partial charge in [-0.15, -0.1) is 0 Å². The minimum absolute atomic E-state index is 0.00880. The van der Waals surface area contributed by atoms with Crippen LogP contribution in [-0.2, 0) is 14.9 Å². The maximum Gasteiger partial charge on any atom is 0.327 e. The van der Waals surface area contributed by atoms with Crippen molar-refractivity contribution in [3.8, 4) is 0 Å². The average molecular weight is 194 g/mol. The number of carboxylic acid groups (broad SMARTS) is 1. The Morgan fingerprint density at radius 2 is 2.08 bits per heavy atom. The summed E-state index contributed by atoms with van der Waals surface area (Å²) in [5.41, 5.74) is 0. The van der Waals surface area contributed by atoms with Crippen LogP contribution in [0.5, 0.6) is 0 Å². The van der Waals surface area contributed by atoms with Crippen molar-refractivity contribution in [2.75, 3.05) is 0 Å². The number of rotatable bonds is 4. The van der Waals surface area contributed by atoms with E-state index in [0.29, 0.717) is 0 Å². The second kappa shape index (κ2) is 4.22. The molecule has 5 nitrogen and oxygen atoms in total. The summed E-state index contributed by atoms with van der Waals surface area (Å²) in [4.78, 5) is 9.93. The van der Waals surface area contributed by atoms with Gasteiger partial charge in [0.15, 0.2) is 0 Å². The molecule has 0 aromatic rings. The maximum absolute atomic E-state index is 10.4. The third kappa shape index (κ3) is 4.86. The molecule has 1 unspecified atom stereocenters. The minimum Gasteiger partial charge on any atom is -0.478 e. The first-order valence-corrected chi connectivity index (χ1v) is 4.70. The zero-order valence-electron chi connectivity index (χ0n) is 6.47. The Bertz CT molecular complexity index is 276. The lowest BCUT2D eigenvalue weighted by Crippen LogP contribution is -2.15. The van der Waals surface area contributed by atoms with E-state index in [1.807, 2.05) is 0 Å². The Labute approximate surface area is 70.5 Å². The highest BCUT2D eigenvalue weighted by Crippen LogP contribution is 2.03. The monoisotopic (exact) mass is 194 g/mol. The lowest BCUT2D eigenvalue weighted by molar-refractivity contribution is -0.131. The number of hydrogen-bond acceptors (Lipinski definition) is 3. The first kappa shape index (κ1) is 11.1. The van der Waals surface area contributed by atoms with Gasteiger partial charge >= 0.3 is 5.97 Å². The Morgan fingerprint density at radius 3 is 2.42 bits per heavy atom. The maximum atomic E-state index is 10.4. The van der Waals surface area contributed by atoms with E-state index in [2.05, 4.69) is 0 Å². The van der Waals surface area contributed by atoms with E-state index >= 15 is 0 Å². The zero-order chi connectivity index (χ0) is 9.78. The Morgan fingerprint density at radius 1 is 1.58 bits per heavy atom. The van der Waals surface area contributed by atoms with E-state index in [1.165, 1.54) is 13.0 Å². The van der Waals surface area contributed by atoms with Crippen LogP contribution in [0.2, 0.25) is 0 Å². The van der Waals surface area contributed by atoms with Crippen molar-refractivity contribution in [1.29, 1.82) is 0 Å². The van der Waals surface area contributed by atoms with Crippen LogP contribution >= 0.6 is 0 Å². The molecule has 0 saturated carbocycles. The SMILES string of the molecule is CC(CC=CC(=O)O)S(=O)(=O)O. The molecule has 0 aliphatic heterocycles. The smallest absolute Gasteiger partial charge is 0.327 e. The van der Waals surface area contributed by atoms with Crippen LogP contribution in [0.1, 0.15) is 13.3 Å². The zero-order valence-corrected chi connectivity index (χ0v) is 7.28. The molecule has 0 radical (unpaired) electrons. The van der Waals surface area contributed by atoms with Crippen molar-refractivity contribution in [2.45, 2.75) is 18.6 Å². The quantitative estimate of drug-likeness (QED) is 0.496. The fraction of sp³-hybridized carbons (Fsp3) is 0.500. The molecule has 0 heterocycles. The normalized spacial score (nSPS) is 14.8. The molecule has 0 spiro atoms. The molecule has 0 bridgehead atoms. The number of allylic oxidation sites excluding steroid dienone is 1. The number of aliphatic carboxylic acids is 1. The molecule has 0 saturated heterocycles. The van der Waals surface area contributed by atoms with Gasteiger partial charge in [0.25, 0.3) is 10.1 Å². The Hall–Kier alpha value is -0.880. The number of carboxylic acids is 1. The molecule has 0 rings (SSSR count). The topological polar surface area (TPSA) is 91.7 Å². The van der Waals surface area contributed by atoms with E-state index in [4.69, 9.17) is 9.66 Å². The van der Waals surface area contributed by atoms with Crippen molar-refractivity contribution >= 4 is 16.1 Å². The van der Waals surface area contributed by atoms with Crippen molar-refractivity contribution in [3.63, 3.8) is 0 Å². The lowest BCUT2D eigenvalue weighted by Gasteiger charge is -2.02. The predicted octanol–water partition coefficient (Wildman–Crippen LogP) is 0.294. The standard InChI is InChI=1S/C6H10O5S/c1-5(12(9,10)11)3-2-4-6(7)8/h2,4-5H,3H2,1H3,(H,7,8)(H,9,10,11). The molecule has 70 valence electrons. The van der Waals surface area contributed by atoms with Crippen LogP contribution in [0.25, 0.3) is 0 Å².